The van der Waals surface area contributed by atoms with Gasteiger partial charge >= 0.3 is 0 Å². The number of benzene rings is 1. The van der Waals surface area contributed by atoms with Crippen molar-refractivity contribution in [1.29, 1.82) is 0 Å². The second-order valence-corrected chi connectivity index (χ2v) is 5.19. The van der Waals surface area contributed by atoms with E-state index < -0.39 is 0 Å². The van der Waals surface area contributed by atoms with Gasteiger partial charge in [0, 0.05) is 10.9 Å². The van der Waals surface area contributed by atoms with Gasteiger partial charge in [0.25, 0.3) is 0 Å². The third kappa shape index (κ3) is 1.57. The molecular weight excluding hydrogens is 244 g/mol. The van der Waals surface area contributed by atoms with E-state index in [1.165, 1.54) is 11.1 Å². The number of rotatable bonds is 2. The number of aromatic nitrogens is 2. The maximum Gasteiger partial charge on any atom is 0.194 e. The summed E-state index contributed by atoms with van der Waals surface area (Å²) >= 11 is 1.55. The minimum Gasteiger partial charge on any atom is -0.296 e. The predicted molar refractivity (Wildman–Crippen MR) is 73.4 cm³/mol. The van der Waals surface area contributed by atoms with Crippen molar-refractivity contribution in [2.75, 3.05) is 0 Å². The van der Waals surface area contributed by atoms with Crippen LogP contribution in [0.15, 0.2) is 29.8 Å². The number of carbonyl (C=O) groups is 1. The normalized spacial score (nSPS) is 11.0. The van der Waals surface area contributed by atoms with E-state index in [2.05, 4.69) is 37.0 Å². The van der Waals surface area contributed by atoms with Crippen LogP contribution in [0.5, 0.6) is 0 Å². The molecule has 0 spiro atoms. The molecule has 3 rings (SSSR count). The van der Waals surface area contributed by atoms with E-state index in [0.717, 1.165) is 22.5 Å². The molecule has 18 heavy (non-hydrogen) atoms. The Balaban J connectivity index is 2.30. The number of thiazole rings is 1. The zero-order valence-electron chi connectivity index (χ0n) is 10.2. The lowest BCUT2D eigenvalue weighted by molar-refractivity contribution is 0.111. The van der Waals surface area contributed by atoms with Crippen LogP contribution in [0.2, 0.25) is 0 Å². The van der Waals surface area contributed by atoms with Gasteiger partial charge in [-0.25, -0.2) is 4.98 Å². The van der Waals surface area contributed by atoms with Crippen molar-refractivity contribution in [2.45, 2.75) is 13.8 Å². The first-order valence-electron chi connectivity index (χ1n) is 5.68. The van der Waals surface area contributed by atoms with Gasteiger partial charge in [0.15, 0.2) is 11.2 Å². The van der Waals surface area contributed by atoms with Gasteiger partial charge in [-0.3, -0.25) is 9.20 Å². The average molecular weight is 256 g/mol. The van der Waals surface area contributed by atoms with Gasteiger partial charge in [0.1, 0.15) is 5.69 Å². The molecule has 0 radical (unpaired) electrons. The van der Waals surface area contributed by atoms with Crippen molar-refractivity contribution in [3.8, 4) is 11.3 Å². The molecule has 3 nitrogen and oxygen atoms in total. The lowest BCUT2D eigenvalue weighted by Gasteiger charge is -2.06. The molecule has 0 N–H and O–H groups in total. The Labute approximate surface area is 109 Å². The maximum absolute atomic E-state index is 11.0. The summed E-state index contributed by atoms with van der Waals surface area (Å²) in [5, 5.41) is 2.05. The molecule has 90 valence electrons. The lowest BCUT2D eigenvalue weighted by Crippen LogP contribution is -1.93. The molecule has 0 saturated heterocycles. The first kappa shape index (κ1) is 11.2. The zero-order valence-corrected chi connectivity index (χ0v) is 11.0. The SMILES string of the molecule is Cc1ccc(-c2csc3ncc(C=O)n23)c(C)c1. The van der Waals surface area contributed by atoms with Crippen LogP contribution in [0, 0.1) is 13.8 Å². The van der Waals surface area contributed by atoms with E-state index in [0.29, 0.717) is 5.69 Å². The Morgan fingerprint density at radius 1 is 1.33 bits per heavy atom. The number of hydrogen-bond acceptors (Lipinski definition) is 3. The second-order valence-electron chi connectivity index (χ2n) is 4.36. The summed E-state index contributed by atoms with van der Waals surface area (Å²) in [7, 11) is 0. The van der Waals surface area contributed by atoms with Crippen molar-refractivity contribution in [3.05, 3.63) is 46.6 Å². The van der Waals surface area contributed by atoms with Gasteiger partial charge < -0.3 is 0 Å². The molecule has 0 amide bonds. The van der Waals surface area contributed by atoms with Gasteiger partial charge in [-0.2, -0.15) is 0 Å². The fourth-order valence-electron chi connectivity index (χ4n) is 2.20. The third-order valence-corrected chi connectivity index (χ3v) is 3.89. The summed E-state index contributed by atoms with van der Waals surface area (Å²) in [4.78, 5) is 16.1. The molecule has 1 aromatic carbocycles. The molecule has 0 aliphatic rings. The molecule has 0 fully saturated rings. The number of aldehydes is 1. The van der Waals surface area contributed by atoms with Crippen LogP contribution in [-0.4, -0.2) is 15.7 Å². The highest BCUT2D eigenvalue weighted by Gasteiger charge is 2.12. The minimum absolute atomic E-state index is 0.598. The minimum atomic E-state index is 0.598. The van der Waals surface area contributed by atoms with Crippen LogP contribution in [0.1, 0.15) is 21.6 Å². The first-order valence-corrected chi connectivity index (χ1v) is 6.56. The summed E-state index contributed by atoms with van der Waals surface area (Å²) in [5.74, 6) is 0. The van der Waals surface area contributed by atoms with Crippen LogP contribution in [0.3, 0.4) is 0 Å². The van der Waals surface area contributed by atoms with Gasteiger partial charge in [-0.15, -0.1) is 11.3 Å². The van der Waals surface area contributed by atoms with Crippen LogP contribution in [0.4, 0.5) is 0 Å². The fourth-order valence-corrected chi connectivity index (χ4v) is 3.07. The lowest BCUT2D eigenvalue weighted by atomic mass is 10.0. The van der Waals surface area contributed by atoms with E-state index in [-0.39, 0.29) is 0 Å². The number of aryl methyl sites for hydroxylation is 2. The van der Waals surface area contributed by atoms with Gasteiger partial charge in [0.05, 0.1) is 11.9 Å². The predicted octanol–water partition coefficient (Wildman–Crippen LogP) is 3.49. The second kappa shape index (κ2) is 4.07. The van der Waals surface area contributed by atoms with Crippen molar-refractivity contribution in [1.82, 2.24) is 9.38 Å². The fraction of sp³-hybridized carbons (Fsp3) is 0.143. The van der Waals surface area contributed by atoms with E-state index in [9.17, 15) is 4.79 Å². The largest absolute Gasteiger partial charge is 0.296 e. The van der Waals surface area contributed by atoms with Gasteiger partial charge in [0.2, 0.25) is 0 Å². The number of hydrogen-bond donors (Lipinski definition) is 0. The van der Waals surface area contributed by atoms with Crippen molar-refractivity contribution in [3.63, 3.8) is 0 Å². The molecule has 0 bridgehead atoms. The summed E-state index contributed by atoms with van der Waals surface area (Å²) in [6.07, 6.45) is 2.46. The van der Waals surface area contributed by atoms with E-state index in [1.807, 2.05) is 9.78 Å². The standard InChI is InChI=1S/C14H12N2OS/c1-9-3-4-12(10(2)5-9)13-8-18-14-15-6-11(7-17)16(13)14/h3-8H,1-2H3. The Morgan fingerprint density at radius 3 is 2.89 bits per heavy atom. The zero-order chi connectivity index (χ0) is 12.7. The molecule has 0 aliphatic heterocycles. The summed E-state index contributed by atoms with van der Waals surface area (Å²) < 4.78 is 1.91. The van der Waals surface area contributed by atoms with Crippen LogP contribution in [0.25, 0.3) is 16.2 Å². The molecule has 0 aliphatic carbocycles. The molecule has 2 aromatic heterocycles. The molecule has 2 heterocycles. The summed E-state index contributed by atoms with van der Waals surface area (Å²) in [6, 6.07) is 6.33. The topological polar surface area (TPSA) is 34.4 Å². The maximum atomic E-state index is 11.0. The molecule has 0 saturated carbocycles. The number of nitrogens with zero attached hydrogens (tertiary/aromatic N) is 2. The quantitative estimate of drug-likeness (QED) is 0.658. The van der Waals surface area contributed by atoms with Crippen molar-refractivity contribution < 1.29 is 4.79 Å². The van der Waals surface area contributed by atoms with Crippen LogP contribution >= 0.6 is 11.3 Å². The molecule has 3 aromatic rings. The first-order chi connectivity index (χ1) is 8.70. The van der Waals surface area contributed by atoms with Crippen LogP contribution < -0.4 is 0 Å². The summed E-state index contributed by atoms with van der Waals surface area (Å²) in [5.41, 5.74) is 5.23. The van der Waals surface area contributed by atoms with Crippen molar-refractivity contribution >= 4 is 22.6 Å². The number of fused-ring (bicyclic) bond motifs is 1. The average Bonchev–Trinajstić information content (AvgIpc) is 2.90. The summed E-state index contributed by atoms with van der Waals surface area (Å²) in [6.45, 7) is 4.16. The third-order valence-electron chi connectivity index (χ3n) is 3.05. The number of imidazole rings is 1. The van der Waals surface area contributed by atoms with E-state index in [4.69, 9.17) is 0 Å². The Kier molecular flexibility index (Phi) is 2.52. The van der Waals surface area contributed by atoms with Gasteiger partial charge in [-0.05, 0) is 19.4 Å². The van der Waals surface area contributed by atoms with Crippen molar-refractivity contribution in [2.24, 2.45) is 0 Å². The molecule has 4 heteroatoms. The highest BCUT2D eigenvalue weighted by molar-refractivity contribution is 7.15. The van der Waals surface area contributed by atoms with E-state index in [1.54, 1.807) is 17.5 Å². The number of carbonyl (C=O) groups excluding carboxylic acids is 1. The Bertz CT molecular complexity index is 739. The smallest absolute Gasteiger partial charge is 0.194 e. The Morgan fingerprint density at radius 2 is 2.17 bits per heavy atom. The van der Waals surface area contributed by atoms with E-state index >= 15 is 0 Å². The van der Waals surface area contributed by atoms with Gasteiger partial charge in [-0.1, -0.05) is 23.8 Å². The molecule has 0 unspecified atom stereocenters. The highest BCUT2D eigenvalue weighted by atomic mass is 32.1. The van der Waals surface area contributed by atoms with Crippen LogP contribution in [-0.2, 0) is 0 Å². The molecule has 0 atom stereocenters. The monoisotopic (exact) mass is 256 g/mol. The Hall–Kier alpha value is -1.94. The highest BCUT2D eigenvalue weighted by Crippen LogP contribution is 2.29. The molecular formula is C14H12N2OS.